The lowest BCUT2D eigenvalue weighted by atomic mass is 9.95. The van der Waals surface area contributed by atoms with Gasteiger partial charge in [-0.3, -0.25) is 9.78 Å². The summed E-state index contributed by atoms with van der Waals surface area (Å²) in [6.07, 6.45) is 1.74. The molecule has 0 aliphatic heterocycles. The van der Waals surface area contributed by atoms with E-state index in [0.717, 1.165) is 11.3 Å². The molecule has 0 atom stereocenters. The van der Waals surface area contributed by atoms with E-state index in [9.17, 15) is 4.79 Å². The van der Waals surface area contributed by atoms with Crippen molar-refractivity contribution in [3.8, 4) is 11.3 Å². The van der Waals surface area contributed by atoms with Crippen molar-refractivity contribution in [3.05, 3.63) is 46.3 Å². The van der Waals surface area contributed by atoms with Gasteiger partial charge in [0.1, 0.15) is 5.82 Å². The molecule has 2 rings (SSSR count). The van der Waals surface area contributed by atoms with Crippen molar-refractivity contribution in [2.45, 2.75) is 33.1 Å². The van der Waals surface area contributed by atoms with Gasteiger partial charge >= 0.3 is 0 Å². The molecule has 18 heavy (non-hydrogen) atoms. The monoisotopic (exact) mass is 243 g/mol. The quantitative estimate of drug-likeness (QED) is 0.836. The molecule has 0 unspecified atom stereocenters. The second kappa shape index (κ2) is 4.37. The van der Waals surface area contributed by atoms with Gasteiger partial charge in [0.2, 0.25) is 0 Å². The summed E-state index contributed by atoms with van der Waals surface area (Å²) in [6, 6.07) is 5.34. The van der Waals surface area contributed by atoms with Gasteiger partial charge in [-0.05, 0) is 19.1 Å². The number of aromatic nitrogens is 3. The van der Waals surface area contributed by atoms with Crippen LogP contribution in [0.5, 0.6) is 0 Å². The van der Waals surface area contributed by atoms with E-state index in [1.165, 1.54) is 6.07 Å². The molecule has 0 amide bonds. The van der Waals surface area contributed by atoms with Gasteiger partial charge in [0.15, 0.2) is 0 Å². The molecule has 2 heterocycles. The Morgan fingerprint density at radius 3 is 2.50 bits per heavy atom. The number of pyridine rings is 1. The summed E-state index contributed by atoms with van der Waals surface area (Å²) in [7, 11) is 0. The maximum Gasteiger partial charge on any atom is 0.251 e. The molecule has 4 nitrogen and oxygen atoms in total. The number of H-pyrrole nitrogens is 1. The van der Waals surface area contributed by atoms with Crippen LogP contribution < -0.4 is 5.56 Å². The van der Waals surface area contributed by atoms with Gasteiger partial charge in [-0.1, -0.05) is 20.8 Å². The molecule has 4 heteroatoms. The molecule has 0 spiro atoms. The summed E-state index contributed by atoms with van der Waals surface area (Å²) in [5.41, 5.74) is 2.14. The first kappa shape index (κ1) is 12.5. The minimum Gasteiger partial charge on any atom is -0.310 e. The molecule has 94 valence electrons. The molecule has 0 bridgehead atoms. The third-order valence-corrected chi connectivity index (χ3v) is 2.66. The van der Waals surface area contributed by atoms with Crippen molar-refractivity contribution in [3.63, 3.8) is 0 Å². The summed E-state index contributed by atoms with van der Waals surface area (Å²) >= 11 is 0. The number of nitrogens with one attached hydrogen (secondary N) is 1. The van der Waals surface area contributed by atoms with Gasteiger partial charge in [0.05, 0.1) is 5.69 Å². The zero-order valence-corrected chi connectivity index (χ0v) is 11.1. The molecular formula is C14H17N3O. The Morgan fingerprint density at radius 1 is 1.22 bits per heavy atom. The predicted octanol–water partition coefficient (Wildman–Crippen LogP) is 2.44. The number of rotatable bonds is 1. The maximum absolute atomic E-state index is 11.7. The molecule has 0 radical (unpaired) electrons. The minimum absolute atomic E-state index is 0.134. The molecule has 0 saturated heterocycles. The Labute approximate surface area is 106 Å². The van der Waals surface area contributed by atoms with Crippen LogP contribution in [0.1, 0.15) is 32.3 Å². The van der Waals surface area contributed by atoms with Crippen LogP contribution in [0.3, 0.4) is 0 Å². The SMILES string of the molecule is Cc1ccc(-c2cc(=O)[nH]c(C(C)(C)C)n2)cn1. The van der Waals surface area contributed by atoms with E-state index in [0.29, 0.717) is 11.5 Å². The van der Waals surface area contributed by atoms with Crippen LogP contribution in [0.4, 0.5) is 0 Å². The highest BCUT2D eigenvalue weighted by atomic mass is 16.1. The summed E-state index contributed by atoms with van der Waals surface area (Å²) in [5, 5.41) is 0. The highest BCUT2D eigenvalue weighted by Gasteiger charge is 2.17. The first-order valence-corrected chi connectivity index (χ1v) is 5.91. The number of aromatic amines is 1. The lowest BCUT2D eigenvalue weighted by Gasteiger charge is -2.17. The molecule has 0 saturated carbocycles. The molecule has 0 aliphatic rings. The highest BCUT2D eigenvalue weighted by Crippen LogP contribution is 2.20. The van der Waals surface area contributed by atoms with Crippen molar-refractivity contribution < 1.29 is 0 Å². The fraction of sp³-hybridized carbons (Fsp3) is 0.357. The Bertz CT molecular complexity index is 606. The van der Waals surface area contributed by atoms with Crippen molar-refractivity contribution in [1.82, 2.24) is 15.0 Å². The Balaban J connectivity index is 2.55. The largest absolute Gasteiger partial charge is 0.310 e. The van der Waals surface area contributed by atoms with Crippen molar-refractivity contribution in [2.75, 3.05) is 0 Å². The molecular weight excluding hydrogens is 226 g/mol. The second-order valence-electron chi connectivity index (χ2n) is 5.42. The third kappa shape index (κ3) is 2.64. The van der Waals surface area contributed by atoms with Crippen LogP contribution >= 0.6 is 0 Å². The first-order chi connectivity index (χ1) is 8.36. The van der Waals surface area contributed by atoms with Crippen LogP contribution in [-0.2, 0) is 5.41 Å². The average molecular weight is 243 g/mol. The lowest BCUT2D eigenvalue weighted by molar-refractivity contribution is 0.543. The Morgan fingerprint density at radius 2 is 1.94 bits per heavy atom. The molecule has 0 aliphatic carbocycles. The van der Waals surface area contributed by atoms with Crippen LogP contribution in [0.15, 0.2) is 29.2 Å². The molecule has 1 N–H and O–H groups in total. The van der Waals surface area contributed by atoms with Gasteiger partial charge in [-0.2, -0.15) is 0 Å². The molecule has 0 fully saturated rings. The van der Waals surface area contributed by atoms with Crippen LogP contribution in [0.25, 0.3) is 11.3 Å². The highest BCUT2D eigenvalue weighted by molar-refractivity contribution is 5.57. The number of nitrogens with zero attached hydrogens (tertiary/aromatic N) is 2. The molecule has 0 aromatic carbocycles. The van der Waals surface area contributed by atoms with Crippen LogP contribution in [0, 0.1) is 6.92 Å². The van der Waals surface area contributed by atoms with Crippen molar-refractivity contribution >= 4 is 0 Å². The summed E-state index contributed by atoms with van der Waals surface area (Å²) in [4.78, 5) is 23.2. The zero-order valence-electron chi connectivity index (χ0n) is 11.1. The average Bonchev–Trinajstić information content (AvgIpc) is 2.28. The van der Waals surface area contributed by atoms with Crippen LogP contribution in [-0.4, -0.2) is 15.0 Å². The lowest BCUT2D eigenvalue weighted by Crippen LogP contribution is -2.21. The van der Waals surface area contributed by atoms with Gasteiger partial charge in [-0.15, -0.1) is 0 Å². The number of aryl methyl sites for hydroxylation is 1. The first-order valence-electron chi connectivity index (χ1n) is 5.91. The maximum atomic E-state index is 11.7. The topological polar surface area (TPSA) is 58.6 Å². The van der Waals surface area contributed by atoms with E-state index >= 15 is 0 Å². The standard InChI is InChI=1S/C14H17N3O/c1-9-5-6-10(8-15-9)11-7-12(18)17-13(16-11)14(2,3)4/h5-8H,1-4H3,(H,16,17,18). The Hall–Kier alpha value is -1.97. The summed E-state index contributed by atoms with van der Waals surface area (Å²) < 4.78 is 0. The third-order valence-electron chi connectivity index (χ3n) is 2.66. The number of hydrogen-bond donors (Lipinski definition) is 1. The van der Waals surface area contributed by atoms with E-state index in [2.05, 4.69) is 15.0 Å². The van der Waals surface area contributed by atoms with Gasteiger partial charge in [0, 0.05) is 28.9 Å². The smallest absolute Gasteiger partial charge is 0.251 e. The minimum atomic E-state index is -0.187. The Kier molecular flexibility index (Phi) is 3.03. The van der Waals surface area contributed by atoms with E-state index in [1.54, 1.807) is 6.20 Å². The zero-order chi connectivity index (χ0) is 13.3. The second-order valence-corrected chi connectivity index (χ2v) is 5.42. The van der Waals surface area contributed by atoms with E-state index in [-0.39, 0.29) is 11.0 Å². The fourth-order valence-electron chi connectivity index (χ4n) is 1.58. The van der Waals surface area contributed by atoms with E-state index in [1.807, 2.05) is 39.8 Å². The fourth-order valence-corrected chi connectivity index (χ4v) is 1.58. The summed E-state index contributed by atoms with van der Waals surface area (Å²) in [6.45, 7) is 7.98. The molecule has 2 aromatic rings. The van der Waals surface area contributed by atoms with Gasteiger partial charge in [-0.25, -0.2) is 4.98 Å². The number of hydrogen-bond acceptors (Lipinski definition) is 3. The van der Waals surface area contributed by atoms with Gasteiger partial charge in [0.25, 0.3) is 5.56 Å². The van der Waals surface area contributed by atoms with Crippen LogP contribution in [0.2, 0.25) is 0 Å². The van der Waals surface area contributed by atoms with E-state index in [4.69, 9.17) is 0 Å². The predicted molar refractivity (Wildman–Crippen MR) is 71.5 cm³/mol. The van der Waals surface area contributed by atoms with Crippen molar-refractivity contribution in [2.24, 2.45) is 0 Å². The normalized spacial score (nSPS) is 11.6. The summed E-state index contributed by atoms with van der Waals surface area (Å²) in [5.74, 6) is 0.686. The van der Waals surface area contributed by atoms with Gasteiger partial charge < -0.3 is 4.98 Å². The molecule has 2 aromatic heterocycles. The van der Waals surface area contributed by atoms with Crippen molar-refractivity contribution in [1.29, 1.82) is 0 Å². The van der Waals surface area contributed by atoms with E-state index < -0.39 is 0 Å².